The molecule has 0 spiro atoms. The molecule has 0 aliphatic rings. The molecule has 0 saturated heterocycles. The summed E-state index contributed by atoms with van der Waals surface area (Å²) in [5.74, 6) is 0. The summed E-state index contributed by atoms with van der Waals surface area (Å²) >= 11 is 0. The fourth-order valence-corrected chi connectivity index (χ4v) is 4.89. The topological polar surface area (TPSA) is 38.7 Å². The van der Waals surface area contributed by atoms with Crippen LogP contribution in [-0.2, 0) is 0 Å². The molecule has 3 heteroatoms. The van der Waals surface area contributed by atoms with E-state index in [1.807, 2.05) is 36.8 Å². The summed E-state index contributed by atoms with van der Waals surface area (Å²) in [5, 5.41) is 2.27. The SMILES string of the molecule is Cc1cc(-c2cc(-c3ccccn3)ccc2C)cc(-c2cc3ncc(C)cc3c3cccnc23)c1. The Hall–Kier alpha value is -4.37. The van der Waals surface area contributed by atoms with Gasteiger partial charge < -0.3 is 0 Å². The van der Waals surface area contributed by atoms with Crippen molar-refractivity contribution in [2.24, 2.45) is 0 Å². The maximum absolute atomic E-state index is 4.80. The average molecular weight is 452 g/mol. The minimum atomic E-state index is 0.979. The first-order valence-corrected chi connectivity index (χ1v) is 11.9. The minimum Gasteiger partial charge on any atom is -0.256 e. The van der Waals surface area contributed by atoms with Crippen LogP contribution < -0.4 is 0 Å². The van der Waals surface area contributed by atoms with E-state index in [0.29, 0.717) is 0 Å². The van der Waals surface area contributed by atoms with Gasteiger partial charge in [0.2, 0.25) is 0 Å². The molecule has 0 unspecified atom stereocenters. The van der Waals surface area contributed by atoms with Crippen molar-refractivity contribution in [3.05, 3.63) is 114 Å². The molecule has 0 aliphatic heterocycles. The molecule has 0 bridgehead atoms. The monoisotopic (exact) mass is 451 g/mol. The van der Waals surface area contributed by atoms with Crippen LogP contribution in [0.2, 0.25) is 0 Å². The zero-order valence-electron chi connectivity index (χ0n) is 20.1. The largest absolute Gasteiger partial charge is 0.256 e. The Labute approximate surface area is 205 Å². The van der Waals surface area contributed by atoms with Crippen molar-refractivity contribution in [2.45, 2.75) is 20.8 Å². The Kier molecular flexibility index (Phi) is 5.11. The molecule has 3 heterocycles. The van der Waals surface area contributed by atoms with Crippen LogP contribution in [0.4, 0.5) is 0 Å². The molecule has 168 valence electrons. The summed E-state index contributed by atoms with van der Waals surface area (Å²) in [4.78, 5) is 14.1. The van der Waals surface area contributed by atoms with E-state index in [4.69, 9.17) is 9.97 Å². The van der Waals surface area contributed by atoms with Gasteiger partial charge in [-0.2, -0.15) is 0 Å². The zero-order chi connectivity index (χ0) is 23.9. The average Bonchev–Trinajstić information content (AvgIpc) is 2.89. The number of rotatable bonds is 3. The molecule has 3 aromatic carbocycles. The number of benzene rings is 3. The molecule has 3 aromatic heterocycles. The van der Waals surface area contributed by atoms with Crippen molar-refractivity contribution in [3.63, 3.8) is 0 Å². The second-order valence-corrected chi connectivity index (χ2v) is 9.24. The lowest BCUT2D eigenvalue weighted by molar-refractivity contribution is 1.32. The predicted octanol–water partition coefficient (Wildman–Crippen LogP) is 8.10. The van der Waals surface area contributed by atoms with Crippen LogP contribution in [0.15, 0.2) is 97.5 Å². The Morgan fingerprint density at radius 1 is 0.543 bits per heavy atom. The molecule has 6 aromatic rings. The number of fused-ring (bicyclic) bond motifs is 3. The van der Waals surface area contributed by atoms with Crippen LogP contribution >= 0.6 is 0 Å². The molecule has 35 heavy (non-hydrogen) atoms. The van der Waals surface area contributed by atoms with Gasteiger partial charge in [-0.05, 0) is 96.6 Å². The lowest BCUT2D eigenvalue weighted by Gasteiger charge is -2.14. The molecular formula is C32H25N3. The Morgan fingerprint density at radius 3 is 2.20 bits per heavy atom. The molecule has 0 N–H and O–H groups in total. The summed E-state index contributed by atoms with van der Waals surface area (Å²) in [5.41, 5.74) is 12.3. The first-order chi connectivity index (χ1) is 17.1. The highest BCUT2D eigenvalue weighted by molar-refractivity contribution is 6.11. The van der Waals surface area contributed by atoms with E-state index in [1.54, 1.807) is 0 Å². The second kappa shape index (κ2) is 8.44. The van der Waals surface area contributed by atoms with Crippen LogP contribution in [0.25, 0.3) is 55.3 Å². The summed E-state index contributed by atoms with van der Waals surface area (Å²) in [6.07, 6.45) is 5.65. The van der Waals surface area contributed by atoms with E-state index < -0.39 is 0 Å². The number of hydrogen-bond acceptors (Lipinski definition) is 3. The number of pyridine rings is 3. The number of hydrogen-bond donors (Lipinski definition) is 0. The highest BCUT2D eigenvalue weighted by Crippen LogP contribution is 2.37. The van der Waals surface area contributed by atoms with E-state index in [0.717, 1.165) is 49.8 Å². The van der Waals surface area contributed by atoms with Gasteiger partial charge in [0.05, 0.1) is 16.7 Å². The fourth-order valence-electron chi connectivity index (χ4n) is 4.89. The van der Waals surface area contributed by atoms with Gasteiger partial charge in [-0.3, -0.25) is 15.0 Å². The third kappa shape index (κ3) is 3.85. The molecule has 0 aliphatic carbocycles. The molecule has 0 amide bonds. The van der Waals surface area contributed by atoms with Crippen LogP contribution in [0.5, 0.6) is 0 Å². The predicted molar refractivity (Wildman–Crippen MR) is 145 cm³/mol. The van der Waals surface area contributed by atoms with Crippen molar-refractivity contribution in [1.82, 2.24) is 15.0 Å². The minimum absolute atomic E-state index is 0.979. The Morgan fingerprint density at radius 2 is 1.37 bits per heavy atom. The van der Waals surface area contributed by atoms with E-state index in [-0.39, 0.29) is 0 Å². The Balaban J connectivity index is 1.57. The Bertz CT molecular complexity index is 1720. The maximum Gasteiger partial charge on any atom is 0.0787 e. The number of aryl methyl sites for hydroxylation is 3. The second-order valence-electron chi connectivity index (χ2n) is 9.24. The van der Waals surface area contributed by atoms with Gasteiger partial charge in [-0.1, -0.05) is 36.4 Å². The smallest absolute Gasteiger partial charge is 0.0787 e. The molecular weight excluding hydrogens is 426 g/mol. The standard InChI is InChI=1S/C32H25N3/c1-20-13-24(27-17-23(10-9-22(27)3)30-8-4-5-11-33-30)16-25(14-20)28-18-31-29(15-21(2)19-35-31)26-7-6-12-34-32(26)28/h4-19H,1-3H3. The first-order valence-electron chi connectivity index (χ1n) is 11.9. The van der Waals surface area contributed by atoms with Crippen LogP contribution in [0.3, 0.4) is 0 Å². The number of nitrogens with zero attached hydrogens (tertiary/aromatic N) is 3. The van der Waals surface area contributed by atoms with E-state index >= 15 is 0 Å². The summed E-state index contributed by atoms with van der Waals surface area (Å²) in [6, 6.07) is 27.9. The maximum atomic E-state index is 4.80. The summed E-state index contributed by atoms with van der Waals surface area (Å²) in [6.45, 7) is 6.40. The fraction of sp³-hybridized carbons (Fsp3) is 0.0938. The molecule has 3 nitrogen and oxygen atoms in total. The lowest BCUT2D eigenvalue weighted by atomic mass is 9.91. The first kappa shape index (κ1) is 21.2. The van der Waals surface area contributed by atoms with Crippen molar-refractivity contribution in [3.8, 4) is 33.5 Å². The van der Waals surface area contributed by atoms with Crippen LogP contribution in [-0.4, -0.2) is 15.0 Å². The van der Waals surface area contributed by atoms with Gasteiger partial charge in [0.25, 0.3) is 0 Å². The quantitative estimate of drug-likeness (QED) is 0.255. The highest BCUT2D eigenvalue weighted by Gasteiger charge is 2.13. The normalized spacial score (nSPS) is 11.3. The van der Waals surface area contributed by atoms with E-state index in [9.17, 15) is 0 Å². The summed E-state index contributed by atoms with van der Waals surface area (Å²) in [7, 11) is 0. The van der Waals surface area contributed by atoms with Gasteiger partial charge in [-0.15, -0.1) is 0 Å². The van der Waals surface area contributed by atoms with Crippen molar-refractivity contribution >= 4 is 21.8 Å². The van der Waals surface area contributed by atoms with Gasteiger partial charge in [0, 0.05) is 40.5 Å². The third-order valence-corrected chi connectivity index (χ3v) is 6.59. The van der Waals surface area contributed by atoms with Crippen LogP contribution in [0, 0.1) is 20.8 Å². The van der Waals surface area contributed by atoms with E-state index in [2.05, 4.69) is 86.4 Å². The van der Waals surface area contributed by atoms with Crippen LogP contribution in [0.1, 0.15) is 16.7 Å². The van der Waals surface area contributed by atoms with E-state index in [1.165, 1.54) is 22.3 Å². The van der Waals surface area contributed by atoms with Gasteiger partial charge in [0.1, 0.15) is 0 Å². The molecule has 0 saturated carbocycles. The van der Waals surface area contributed by atoms with Crippen molar-refractivity contribution in [1.29, 1.82) is 0 Å². The number of aromatic nitrogens is 3. The van der Waals surface area contributed by atoms with Crippen molar-refractivity contribution in [2.75, 3.05) is 0 Å². The molecule has 6 rings (SSSR count). The highest BCUT2D eigenvalue weighted by atomic mass is 14.7. The lowest BCUT2D eigenvalue weighted by Crippen LogP contribution is -1.92. The van der Waals surface area contributed by atoms with Gasteiger partial charge in [-0.25, -0.2) is 0 Å². The third-order valence-electron chi connectivity index (χ3n) is 6.59. The van der Waals surface area contributed by atoms with Gasteiger partial charge in [0.15, 0.2) is 0 Å². The van der Waals surface area contributed by atoms with Gasteiger partial charge >= 0.3 is 0 Å². The summed E-state index contributed by atoms with van der Waals surface area (Å²) < 4.78 is 0. The molecule has 0 atom stereocenters. The zero-order valence-corrected chi connectivity index (χ0v) is 20.1. The molecule has 0 fully saturated rings. The molecule has 0 radical (unpaired) electrons. The van der Waals surface area contributed by atoms with Crippen molar-refractivity contribution < 1.29 is 0 Å².